The molecule has 3 aromatic rings. The van der Waals surface area contributed by atoms with Crippen LogP contribution in [0.2, 0.25) is 0 Å². The highest BCUT2D eigenvalue weighted by Gasteiger charge is 2.05. The number of nitrogens with one attached hydrogen (secondary N) is 1. The molecule has 3 aromatic heterocycles. The Morgan fingerprint density at radius 3 is 3.19 bits per heavy atom. The molecule has 4 nitrogen and oxygen atoms in total. The number of hydrogen-bond acceptors (Lipinski definition) is 4. The summed E-state index contributed by atoms with van der Waals surface area (Å²) in [5.74, 6) is 0. The molecule has 0 amide bonds. The Bertz CT molecular complexity index is 666. The summed E-state index contributed by atoms with van der Waals surface area (Å²) < 4.78 is 2.74. The Balaban J connectivity index is 2.16. The summed E-state index contributed by atoms with van der Waals surface area (Å²) in [7, 11) is 0. The van der Waals surface area contributed by atoms with Gasteiger partial charge in [-0.15, -0.1) is 11.3 Å². The van der Waals surface area contributed by atoms with E-state index in [1.807, 2.05) is 16.0 Å². The maximum Gasteiger partial charge on any atom is 0.178 e. The van der Waals surface area contributed by atoms with E-state index in [-0.39, 0.29) is 0 Å². The SMILES string of the molecule is S=c1[nH]c2cnccc2n1Cc1nccs1. The molecule has 80 valence electrons. The molecule has 0 aliphatic carbocycles. The van der Waals surface area contributed by atoms with Crippen LogP contribution >= 0.6 is 23.6 Å². The fraction of sp³-hybridized carbons (Fsp3) is 0.100. The van der Waals surface area contributed by atoms with Gasteiger partial charge in [-0.25, -0.2) is 4.98 Å². The minimum atomic E-state index is 0.707. The lowest BCUT2D eigenvalue weighted by Gasteiger charge is -2.00. The first-order valence-electron chi connectivity index (χ1n) is 4.75. The van der Waals surface area contributed by atoms with Crippen molar-refractivity contribution in [3.8, 4) is 0 Å². The average Bonchev–Trinajstić information content (AvgIpc) is 2.89. The Hall–Kier alpha value is -1.53. The number of nitrogens with zero attached hydrogens (tertiary/aromatic N) is 3. The second-order valence-electron chi connectivity index (χ2n) is 3.33. The molecule has 0 saturated carbocycles. The van der Waals surface area contributed by atoms with Crippen LogP contribution in [0.15, 0.2) is 30.0 Å². The topological polar surface area (TPSA) is 46.5 Å². The third-order valence-electron chi connectivity index (χ3n) is 2.35. The smallest absolute Gasteiger partial charge is 0.178 e. The number of hydrogen-bond donors (Lipinski definition) is 1. The summed E-state index contributed by atoms with van der Waals surface area (Å²) in [5, 5.41) is 3.02. The van der Waals surface area contributed by atoms with Crippen molar-refractivity contribution in [2.45, 2.75) is 6.54 Å². The number of imidazole rings is 1. The normalized spacial score (nSPS) is 11.0. The van der Waals surface area contributed by atoms with Crippen molar-refractivity contribution >= 4 is 34.6 Å². The number of rotatable bonds is 2. The zero-order valence-corrected chi connectivity index (χ0v) is 9.88. The van der Waals surface area contributed by atoms with Gasteiger partial charge in [-0.3, -0.25) is 4.98 Å². The number of pyridine rings is 1. The van der Waals surface area contributed by atoms with Gasteiger partial charge in [0.25, 0.3) is 0 Å². The molecular weight excluding hydrogens is 240 g/mol. The van der Waals surface area contributed by atoms with Gasteiger partial charge in [0.15, 0.2) is 4.77 Å². The van der Waals surface area contributed by atoms with E-state index in [4.69, 9.17) is 12.2 Å². The summed E-state index contributed by atoms with van der Waals surface area (Å²) >= 11 is 6.91. The molecule has 0 fully saturated rings. The first-order valence-corrected chi connectivity index (χ1v) is 6.04. The number of thiazole rings is 1. The maximum absolute atomic E-state index is 5.28. The summed E-state index contributed by atoms with van der Waals surface area (Å²) in [6.45, 7) is 0.709. The Labute approximate surface area is 101 Å². The van der Waals surface area contributed by atoms with Crippen LogP contribution in [0.1, 0.15) is 5.01 Å². The molecule has 3 heterocycles. The summed E-state index contributed by atoms with van der Waals surface area (Å²) in [6.07, 6.45) is 5.35. The summed E-state index contributed by atoms with van der Waals surface area (Å²) in [4.78, 5) is 11.5. The van der Waals surface area contributed by atoms with Gasteiger partial charge in [-0.1, -0.05) is 0 Å². The van der Waals surface area contributed by atoms with Crippen LogP contribution in [0.3, 0.4) is 0 Å². The standard InChI is InChI=1S/C10H8N4S2/c15-10-13-7-5-11-2-1-8(7)14(10)6-9-12-3-4-16-9/h1-5H,6H2,(H,13,15). The van der Waals surface area contributed by atoms with E-state index in [1.54, 1.807) is 29.9 Å². The zero-order valence-electron chi connectivity index (χ0n) is 8.25. The van der Waals surface area contributed by atoms with Crippen molar-refractivity contribution in [2.24, 2.45) is 0 Å². The van der Waals surface area contributed by atoms with Gasteiger partial charge in [0, 0.05) is 17.8 Å². The van der Waals surface area contributed by atoms with Crippen molar-refractivity contribution in [1.29, 1.82) is 0 Å². The first kappa shape index (κ1) is 9.68. The average molecular weight is 248 g/mol. The van der Waals surface area contributed by atoms with E-state index in [0.29, 0.717) is 11.3 Å². The number of aromatic amines is 1. The van der Waals surface area contributed by atoms with Crippen LogP contribution in [0, 0.1) is 4.77 Å². The number of aromatic nitrogens is 4. The highest BCUT2D eigenvalue weighted by Crippen LogP contribution is 2.15. The van der Waals surface area contributed by atoms with Crippen LogP contribution in [0.25, 0.3) is 11.0 Å². The maximum atomic E-state index is 5.28. The van der Waals surface area contributed by atoms with Gasteiger partial charge in [-0.2, -0.15) is 0 Å². The van der Waals surface area contributed by atoms with Crippen molar-refractivity contribution in [3.63, 3.8) is 0 Å². The van der Waals surface area contributed by atoms with Gasteiger partial charge in [0.2, 0.25) is 0 Å². The predicted molar refractivity (Wildman–Crippen MR) is 66.1 cm³/mol. The fourth-order valence-corrected chi connectivity index (χ4v) is 2.51. The largest absolute Gasteiger partial charge is 0.329 e. The monoisotopic (exact) mass is 248 g/mol. The van der Waals surface area contributed by atoms with E-state index in [0.717, 1.165) is 16.0 Å². The van der Waals surface area contributed by atoms with Crippen molar-refractivity contribution < 1.29 is 0 Å². The van der Waals surface area contributed by atoms with E-state index in [1.165, 1.54) is 0 Å². The van der Waals surface area contributed by atoms with Gasteiger partial charge in [-0.05, 0) is 18.3 Å². The van der Waals surface area contributed by atoms with Crippen LogP contribution in [-0.4, -0.2) is 19.5 Å². The summed E-state index contributed by atoms with van der Waals surface area (Å²) in [6, 6.07) is 1.95. The molecule has 3 rings (SSSR count). The van der Waals surface area contributed by atoms with Crippen LogP contribution in [-0.2, 0) is 6.54 Å². The lowest BCUT2D eigenvalue weighted by Crippen LogP contribution is -1.98. The highest BCUT2D eigenvalue weighted by molar-refractivity contribution is 7.71. The molecule has 0 saturated heterocycles. The molecule has 0 unspecified atom stereocenters. The second-order valence-corrected chi connectivity index (χ2v) is 4.70. The third-order valence-corrected chi connectivity index (χ3v) is 3.44. The molecule has 16 heavy (non-hydrogen) atoms. The van der Waals surface area contributed by atoms with E-state index in [2.05, 4.69) is 15.0 Å². The van der Waals surface area contributed by atoms with Gasteiger partial charge >= 0.3 is 0 Å². The van der Waals surface area contributed by atoms with Gasteiger partial charge in [0.05, 0.1) is 23.8 Å². The third kappa shape index (κ3) is 1.56. The second kappa shape index (κ2) is 3.80. The molecular formula is C10H8N4S2. The first-order chi connectivity index (χ1) is 7.84. The van der Waals surface area contributed by atoms with Gasteiger partial charge in [0.1, 0.15) is 5.01 Å². The Morgan fingerprint density at radius 1 is 1.44 bits per heavy atom. The predicted octanol–water partition coefficient (Wildman–Crippen LogP) is 2.60. The zero-order chi connectivity index (χ0) is 11.0. The highest BCUT2D eigenvalue weighted by atomic mass is 32.1. The van der Waals surface area contributed by atoms with Crippen LogP contribution in [0.4, 0.5) is 0 Å². The summed E-state index contributed by atoms with van der Waals surface area (Å²) in [5.41, 5.74) is 2.03. The van der Waals surface area contributed by atoms with E-state index < -0.39 is 0 Å². The Morgan fingerprint density at radius 2 is 2.38 bits per heavy atom. The number of fused-ring (bicyclic) bond motifs is 1. The van der Waals surface area contributed by atoms with Crippen molar-refractivity contribution in [3.05, 3.63) is 39.8 Å². The van der Waals surface area contributed by atoms with Crippen molar-refractivity contribution in [2.75, 3.05) is 0 Å². The lowest BCUT2D eigenvalue weighted by molar-refractivity contribution is 0.803. The molecule has 0 aliphatic heterocycles. The molecule has 0 bridgehead atoms. The molecule has 1 N–H and O–H groups in total. The molecule has 6 heteroatoms. The fourth-order valence-electron chi connectivity index (χ4n) is 1.63. The molecule has 0 aromatic carbocycles. The lowest BCUT2D eigenvalue weighted by atomic mass is 10.4. The van der Waals surface area contributed by atoms with E-state index in [9.17, 15) is 0 Å². The molecule has 0 aliphatic rings. The van der Waals surface area contributed by atoms with Gasteiger partial charge < -0.3 is 9.55 Å². The quantitative estimate of drug-likeness (QED) is 0.709. The molecule has 0 spiro atoms. The minimum Gasteiger partial charge on any atom is -0.329 e. The number of H-pyrrole nitrogens is 1. The molecule has 0 radical (unpaired) electrons. The van der Waals surface area contributed by atoms with Crippen LogP contribution < -0.4 is 0 Å². The van der Waals surface area contributed by atoms with Crippen molar-refractivity contribution in [1.82, 2.24) is 19.5 Å². The van der Waals surface area contributed by atoms with E-state index >= 15 is 0 Å². The van der Waals surface area contributed by atoms with Crippen LogP contribution in [0.5, 0.6) is 0 Å². The minimum absolute atomic E-state index is 0.707. The molecule has 0 atom stereocenters. The Kier molecular flexibility index (Phi) is 2.30.